The minimum atomic E-state index is -0.151. The van der Waals surface area contributed by atoms with Gasteiger partial charge < -0.3 is 20.4 Å². The number of hydrogen-bond donors (Lipinski definition) is 3. The van der Waals surface area contributed by atoms with E-state index in [4.69, 9.17) is 4.42 Å². The van der Waals surface area contributed by atoms with Gasteiger partial charge in [0, 0.05) is 17.8 Å². The molecule has 23 heavy (non-hydrogen) atoms. The average molecular weight is 316 g/mol. The van der Waals surface area contributed by atoms with E-state index in [1.54, 1.807) is 30.5 Å². The molecule has 1 aromatic heterocycles. The molecule has 4 N–H and O–H groups in total. The first-order chi connectivity index (χ1) is 11.1. The summed E-state index contributed by atoms with van der Waals surface area (Å²) in [5, 5.41) is 7.42. The van der Waals surface area contributed by atoms with Gasteiger partial charge in [-0.3, -0.25) is 9.59 Å². The topological polar surface area (TPSA) is 88.0 Å². The maximum absolute atomic E-state index is 12.0. The maximum Gasteiger partial charge on any atom is 0.279 e. The van der Waals surface area contributed by atoms with Crippen LogP contribution in [0.2, 0.25) is 0 Å². The summed E-state index contributed by atoms with van der Waals surface area (Å²) in [5.41, 5.74) is 1.13. The molecule has 2 rings (SSSR count). The molecule has 1 heterocycles. The molecule has 122 valence electrons. The molecule has 0 aliphatic rings. The van der Waals surface area contributed by atoms with Crippen molar-refractivity contribution < 1.29 is 19.3 Å². The molecule has 1 atom stereocenters. The zero-order chi connectivity index (χ0) is 16.7. The van der Waals surface area contributed by atoms with Crippen molar-refractivity contribution in [3.8, 4) is 0 Å². The lowest BCUT2D eigenvalue weighted by molar-refractivity contribution is -0.684. The molecule has 0 aliphatic carbocycles. The van der Waals surface area contributed by atoms with Crippen molar-refractivity contribution in [2.24, 2.45) is 0 Å². The highest BCUT2D eigenvalue weighted by atomic mass is 16.3. The Hall–Kier alpha value is -2.60. The Morgan fingerprint density at radius 3 is 2.78 bits per heavy atom. The van der Waals surface area contributed by atoms with E-state index in [1.165, 1.54) is 0 Å². The first-order valence-corrected chi connectivity index (χ1v) is 7.65. The number of anilines is 1. The zero-order valence-electron chi connectivity index (χ0n) is 13.3. The van der Waals surface area contributed by atoms with Gasteiger partial charge in [0.15, 0.2) is 12.3 Å². The van der Waals surface area contributed by atoms with Crippen LogP contribution in [0.5, 0.6) is 0 Å². The second kappa shape index (κ2) is 8.14. The summed E-state index contributed by atoms with van der Waals surface area (Å²) < 4.78 is 5.30. The van der Waals surface area contributed by atoms with Crippen LogP contribution in [-0.2, 0) is 4.79 Å². The van der Waals surface area contributed by atoms with Crippen LogP contribution in [0.4, 0.5) is 5.69 Å². The van der Waals surface area contributed by atoms with Crippen LogP contribution in [0.1, 0.15) is 36.0 Å². The van der Waals surface area contributed by atoms with Crippen molar-refractivity contribution in [2.45, 2.75) is 19.9 Å². The van der Waals surface area contributed by atoms with Crippen LogP contribution in [0.3, 0.4) is 0 Å². The lowest BCUT2D eigenvalue weighted by atomic mass is 10.2. The SMILES string of the molecule is CCNC(=O)c1cccc(NC(=O)C[NH2+][C@@H](C)c2ccco2)c1. The van der Waals surface area contributed by atoms with Gasteiger partial charge in [0.2, 0.25) is 0 Å². The number of nitrogens with two attached hydrogens (primary N) is 1. The average Bonchev–Trinajstić information content (AvgIpc) is 3.07. The van der Waals surface area contributed by atoms with Gasteiger partial charge in [0.1, 0.15) is 6.04 Å². The molecule has 2 amide bonds. The van der Waals surface area contributed by atoms with E-state index in [9.17, 15) is 9.59 Å². The highest BCUT2D eigenvalue weighted by Gasteiger charge is 2.14. The molecule has 0 radical (unpaired) electrons. The second-order valence-corrected chi connectivity index (χ2v) is 5.23. The lowest BCUT2D eigenvalue weighted by Crippen LogP contribution is -2.86. The number of benzene rings is 1. The fraction of sp³-hybridized carbons (Fsp3) is 0.294. The third-order valence-corrected chi connectivity index (χ3v) is 3.39. The number of furan rings is 1. The molecular weight excluding hydrogens is 294 g/mol. The predicted octanol–water partition coefficient (Wildman–Crippen LogP) is 1.29. The Morgan fingerprint density at radius 1 is 1.26 bits per heavy atom. The van der Waals surface area contributed by atoms with Crippen LogP contribution in [-0.4, -0.2) is 24.9 Å². The Labute approximate surface area is 135 Å². The molecule has 0 unspecified atom stereocenters. The molecule has 0 aliphatic heterocycles. The van der Waals surface area contributed by atoms with E-state index in [1.807, 2.05) is 31.3 Å². The maximum atomic E-state index is 12.0. The van der Waals surface area contributed by atoms with E-state index in [-0.39, 0.29) is 24.4 Å². The highest BCUT2D eigenvalue weighted by Crippen LogP contribution is 2.10. The largest absolute Gasteiger partial charge is 0.463 e. The quantitative estimate of drug-likeness (QED) is 0.719. The monoisotopic (exact) mass is 316 g/mol. The van der Waals surface area contributed by atoms with Crippen LogP contribution in [0.25, 0.3) is 0 Å². The van der Waals surface area contributed by atoms with Crippen molar-refractivity contribution in [1.29, 1.82) is 0 Å². The second-order valence-electron chi connectivity index (χ2n) is 5.23. The molecular formula is C17H22N3O3+. The van der Waals surface area contributed by atoms with Crippen molar-refractivity contribution in [2.75, 3.05) is 18.4 Å². The summed E-state index contributed by atoms with van der Waals surface area (Å²) in [4.78, 5) is 23.8. The molecule has 0 fully saturated rings. The molecule has 6 nitrogen and oxygen atoms in total. The summed E-state index contributed by atoms with van der Waals surface area (Å²) >= 11 is 0. The number of amides is 2. The minimum absolute atomic E-state index is 0.0671. The Morgan fingerprint density at radius 2 is 2.09 bits per heavy atom. The fourth-order valence-corrected chi connectivity index (χ4v) is 2.16. The minimum Gasteiger partial charge on any atom is -0.463 e. The molecule has 6 heteroatoms. The summed E-state index contributed by atoms with van der Waals surface area (Å²) in [5.74, 6) is 0.550. The van der Waals surface area contributed by atoms with Crippen LogP contribution >= 0.6 is 0 Å². The highest BCUT2D eigenvalue weighted by molar-refractivity contribution is 5.97. The van der Waals surface area contributed by atoms with Gasteiger partial charge in [-0.2, -0.15) is 0 Å². The number of nitrogens with one attached hydrogen (secondary N) is 2. The first kappa shape index (κ1) is 16.8. The van der Waals surface area contributed by atoms with Gasteiger partial charge in [0.25, 0.3) is 11.8 Å². The lowest BCUT2D eigenvalue weighted by Gasteiger charge is -2.09. The number of quaternary nitrogens is 1. The molecule has 0 saturated heterocycles. The van der Waals surface area contributed by atoms with Gasteiger partial charge in [-0.25, -0.2) is 0 Å². The Bertz CT molecular complexity index is 653. The number of carbonyl (C=O) groups excluding carboxylic acids is 2. The van der Waals surface area contributed by atoms with Gasteiger partial charge >= 0.3 is 0 Å². The van der Waals surface area contributed by atoms with Crippen molar-refractivity contribution in [1.82, 2.24) is 5.32 Å². The third-order valence-electron chi connectivity index (χ3n) is 3.39. The smallest absolute Gasteiger partial charge is 0.279 e. The molecule has 0 spiro atoms. The summed E-state index contributed by atoms with van der Waals surface area (Å²) in [6.45, 7) is 4.67. The fourth-order valence-electron chi connectivity index (χ4n) is 2.16. The van der Waals surface area contributed by atoms with Gasteiger partial charge in [-0.15, -0.1) is 0 Å². The molecule has 0 saturated carbocycles. The van der Waals surface area contributed by atoms with Gasteiger partial charge in [-0.05, 0) is 44.2 Å². The zero-order valence-corrected chi connectivity index (χ0v) is 13.3. The standard InChI is InChI=1S/C17H21N3O3/c1-3-18-17(22)13-6-4-7-14(10-13)20-16(21)11-19-12(2)15-8-5-9-23-15/h4-10,12,19H,3,11H2,1-2H3,(H,18,22)(H,20,21)/p+1/t12-/m0/s1. The summed E-state index contributed by atoms with van der Waals surface area (Å²) in [6.07, 6.45) is 1.62. The van der Waals surface area contributed by atoms with E-state index in [2.05, 4.69) is 10.6 Å². The Balaban J connectivity index is 1.87. The number of hydrogen-bond acceptors (Lipinski definition) is 3. The van der Waals surface area contributed by atoms with Crippen molar-refractivity contribution in [3.05, 3.63) is 54.0 Å². The number of carbonyl (C=O) groups is 2. The predicted molar refractivity (Wildman–Crippen MR) is 87.0 cm³/mol. The molecule has 1 aromatic carbocycles. The van der Waals surface area contributed by atoms with Crippen molar-refractivity contribution >= 4 is 17.5 Å². The normalized spacial score (nSPS) is 11.7. The van der Waals surface area contributed by atoms with Crippen LogP contribution in [0.15, 0.2) is 47.1 Å². The Kier molecular flexibility index (Phi) is 5.94. The molecule has 2 aromatic rings. The van der Waals surface area contributed by atoms with Crippen LogP contribution < -0.4 is 16.0 Å². The van der Waals surface area contributed by atoms with Crippen molar-refractivity contribution in [3.63, 3.8) is 0 Å². The summed E-state index contributed by atoms with van der Waals surface area (Å²) in [7, 11) is 0. The van der Waals surface area contributed by atoms with E-state index in [0.717, 1.165) is 5.76 Å². The van der Waals surface area contributed by atoms with Gasteiger partial charge in [0.05, 0.1) is 6.26 Å². The first-order valence-electron chi connectivity index (χ1n) is 7.65. The third kappa shape index (κ3) is 4.96. The number of rotatable bonds is 7. The summed E-state index contributed by atoms with van der Waals surface area (Å²) in [6, 6.07) is 10.7. The van der Waals surface area contributed by atoms with E-state index < -0.39 is 0 Å². The van der Waals surface area contributed by atoms with E-state index in [0.29, 0.717) is 17.8 Å². The van der Waals surface area contributed by atoms with Gasteiger partial charge in [-0.1, -0.05) is 6.07 Å². The van der Waals surface area contributed by atoms with E-state index >= 15 is 0 Å². The molecule has 0 bridgehead atoms. The van der Waals surface area contributed by atoms with Crippen LogP contribution in [0, 0.1) is 0 Å².